The van der Waals surface area contributed by atoms with Crippen molar-refractivity contribution in [2.75, 3.05) is 0 Å². The summed E-state index contributed by atoms with van der Waals surface area (Å²) in [5, 5.41) is 29.0. The summed E-state index contributed by atoms with van der Waals surface area (Å²) >= 11 is 0. The molecule has 19 heavy (non-hydrogen) atoms. The number of aliphatic hydroxyl groups is 1. The first-order chi connectivity index (χ1) is 8.86. The Bertz CT molecular complexity index is 548. The maximum absolute atomic E-state index is 11.8. The van der Waals surface area contributed by atoms with Crippen LogP contribution in [-0.4, -0.2) is 39.2 Å². The normalized spacial score (nSPS) is 13.2. The molecule has 2 unspecified atom stereocenters. The fraction of sp³-hybridized carbons (Fsp3) is 0.333. The highest BCUT2D eigenvalue weighted by Gasteiger charge is 2.25. The number of aliphatic hydroxyl groups excluding tert-OH is 1. The molecule has 3 N–H and O–H groups in total. The van der Waals surface area contributed by atoms with E-state index < -0.39 is 24.0 Å². The number of aryl methyl sites for hydroxylation is 1. The molecule has 7 heteroatoms. The molecule has 1 aromatic heterocycles. The van der Waals surface area contributed by atoms with Gasteiger partial charge in [-0.2, -0.15) is 5.26 Å². The van der Waals surface area contributed by atoms with Gasteiger partial charge in [0.1, 0.15) is 11.8 Å². The SMILES string of the molecule is Cc1nc(C(=O)NC(C(=O)O)C(C)O)ccc1C#N. The largest absolute Gasteiger partial charge is 0.480 e. The molecule has 7 nitrogen and oxygen atoms in total. The Labute approximate surface area is 109 Å². The Morgan fingerprint density at radius 2 is 2.11 bits per heavy atom. The van der Waals surface area contributed by atoms with Gasteiger partial charge in [-0.1, -0.05) is 0 Å². The Morgan fingerprint density at radius 1 is 1.47 bits per heavy atom. The van der Waals surface area contributed by atoms with Crippen LogP contribution in [0, 0.1) is 18.3 Å². The molecular formula is C12H13N3O4. The van der Waals surface area contributed by atoms with Gasteiger partial charge in [0.2, 0.25) is 0 Å². The van der Waals surface area contributed by atoms with Crippen molar-refractivity contribution in [2.45, 2.75) is 26.0 Å². The van der Waals surface area contributed by atoms with Crippen molar-refractivity contribution in [3.05, 3.63) is 29.1 Å². The molecular weight excluding hydrogens is 250 g/mol. The lowest BCUT2D eigenvalue weighted by Gasteiger charge is -2.16. The predicted molar refractivity (Wildman–Crippen MR) is 64.3 cm³/mol. The lowest BCUT2D eigenvalue weighted by Crippen LogP contribution is -2.47. The zero-order chi connectivity index (χ0) is 14.6. The minimum Gasteiger partial charge on any atom is -0.480 e. The Kier molecular flexibility index (Phi) is 4.56. The van der Waals surface area contributed by atoms with Crippen LogP contribution in [0.2, 0.25) is 0 Å². The number of nitrogens with zero attached hydrogens (tertiary/aromatic N) is 2. The topological polar surface area (TPSA) is 123 Å². The molecule has 1 aromatic rings. The second-order valence-electron chi connectivity index (χ2n) is 3.97. The average Bonchev–Trinajstić information content (AvgIpc) is 2.34. The van der Waals surface area contributed by atoms with Gasteiger partial charge in [0.25, 0.3) is 5.91 Å². The highest BCUT2D eigenvalue weighted by atomic mass is 16.4. The monoisotopic (exact) mass is 263 g/mol. The highest BCUT2D eigenvalue weighted by molar-refractivity contribution is 5.95. The molecule has 0 aliphatic carbocycles. The van der Waals surface area contributed by atoms with E-state index in [4.69, 9.17) is 10.4 Å². The predicted octanol–water partition coefficient (Wildman–Crippen LogP) is -0.174. The number of aromatic nitrogens is 1. The third kappa shape index (κ3) is 3.50. The fourth-order valence-electron chi connectivity index (χ4n) is 1.41. The summed E-state index contributed by atoms with van der Waals surface area (Å²) in [4.78, 5) is 26.5. The number of carbonyl (C=O) groups is 2. The highest BCUT2D eigenvalue weighted by Crippen LogP contribution is 2.06. The number of nitrogens with one attached hydrogen (secondary N) is 1. The van der Waals surface area contributed by atoms with Crippen LogP contribution in [-0.2, 0) is 4.79 Å². The van der Waals surface area contributed by atoms with E-state index in [9.17, 15) is 14.7 Å². The summed E-state index contributed by atoms with van der Waals surface area (Å²) in [5.41, 5.74) is 0.698. The molecule has 100 valence electrons. The maximum Gasteiger partial charge on any atom is 0.328 e. The van der Waals surface area contributed by atoms with Gasteiger partial charge in [0.05, 0.1) is 17.4 Å². The summed E-state index contributed by atoms with van der Waals surface area (Å²) in [7, 11) is 0. The van der Waals surface area contributed by atoms with E-state index in [1.165, 1.54) is 19.1 Å². The van der Waals surface area contributed by atoms with Crippen LogP contribution in [0.3, 0.4) is 0 Å². The van der Waals surface area contributed by atoms with Gasteiger partial charge in [0, 0.05) is 0 Å². The van der Waals surface area contributed by atoms with Crippen LogP contribution >= 0.6 is 0 Å². The van der Waals surface area contributed by atoms with Gasteiger partial charge in [-0.15, -0.1) is 0 Å². The summed E-state index contributed by atoms with van der Waals surface area (Å²) in [6, 6.07) is 3.25. The van der Waals surface area contributed by atoms with Crippen molar-refractivity contribution < 1.29 is 19.8 Å². The molecule has 0 aliphatic rings. The minimum absolute atomic E-state index is 0.0107. The number of amides is 1. The maximum atomic E-state index is 11.8. The molecule has 0 saturated carbocycles. The number of aliphatic carboxylic acids is 1. The number of pyridine rings is 1. The number of hydrogen-bond acceptors (Lipinski definition) is 5. The van der Waals surface area contributed by atoms with Crippen molar-refractivity contribution in [1.82, 2.24) is 10.3 Å². The molecule has 1 heterocycles. The second kappa shape index (κ2) is 5.93. The van der Waals surface area contributed by atoms with Gasteiger partial charge < -0.3 is 15.5 Å². The molecule has 0 bridgehead atoms. The van der Waals surface area contributed by atoms with E-state index >= 15 is 0 Å². The van der Waals surface area contributed by atoms with Crippen molar-refractivity contribution in [1.29, 1.82) is 5.26 Å². The Balaban J connectivity index is 2.93. The lowest BCUT2D eigenvalue weighted by molar-refractivity contribution is -0.141. The third-order valence-corrected chi connectivity index (χ3v) is 2.47. The van der Waals surface area contributed by atoms with Crippen molar-refractivity contribution in [3.8, 4) is 6.07 Å². The minimum atomic E-state index is -1.41. The van der Waals surface area contributed by atoms with Gasteiger partial charge >= 0.3 is 5.97 Å². The average molecular weight is 263 g/mol. The Hall–Kier alpha value is -2.46. The first kappa shape index (κ1) is 14.6. The second-order valence-corrected chi connectivity index (χ2v) is 3.97. The van der Waals surface area contributed by atoms with Crippen molar-refractivity contribution in [2.24, 2.45) is 0 Å². The quantitative estimate of drug-likeness (QED) is 0.692. The molecule has 0 spiro atoms. The van der Waals surface area contributed by atoms with Gasteiger partial charge in [-0.3, -0.25) is 4.79 Å². The zero-order valence-electron chi connectivity index (χ0n) is 10.4. The molecule has 0 aliphatic heterocycles. The van der Waals surface area contributed by atoms with Crippen LogP contribution in [0.5, 0.6) is 0 Å². The standard InChI is InChI=1S/C12H13N3O4/c1-6-8(5-13)3-4-9(14-6)11(17)15-10(7(2)16)12(18)19/h3-4,7,10,16H,1-2H3,(H,15,17)(H,18,19). The van der Waals surface area contributed by atoms with Crippen LogP contribution in [0.1, 0.15) is 28.7 Å². The van der Waals surface area contributed by atoms with Crippen LogP contribution < -0.4 is 5.32 Å². The van der Waals surface area contributed by atoms with Crippen molar-refractivity contribution in [3.63, 3.8) is 0 Å². The number of nitriles is 1. The van der Waals surface area contributed by atoms with E-state index in [0.29, 0.717) is 11.3 Å². The number of carboxylic acid groups (broad SMARTS) is 1. The van der Waals surface area contributed by atoms with Gasteiger partial charge in [-0.05, 0) is 26.0 Å². The number of hydrogen-bond donors (Lipinski definition) is 3. The molecule has 2 atom stereocenters. The fourth-order valence-corrected chi connectivity index (χ4v) is 1.41. The molecule has 0 fully saturated rings. The number of carbonyl (C=O) groups excluding carboxylic acids is 1. The summed E-state index contributed by atoms with van der Waals surface area (Å²) in [5.74, 6) is -2.06. The van der Waals surface area contributed by atoms with Crippen LogP contribution in [0.15, 0.2) is 12.1 Å². The van der Waals surface area contributed by atoms with Gasteiger partial charge in [0.15, 0.2) is 6.04 Å². The number of rotatable bonds is 4. The van der Waals surface area contributed by atoms with E-state index in [0.717, 1.165) is 0 Å². The smallest absolute Gasteiger partial charge is 0.328 e. The third-order valence-electron chi connectivity index (χ3n) is 2.47. The van der Waals surface area contributed by atoms with E-state index in [1.807, 2.05) is 6.07 Å². The van der Waals surface area contributed by atoms with Crippen LogP contribution in [0.4, 0.5) is 0 Å². The summed E-state index contributed by atoms with van der Waals surface area (Å²) in [6.45, 7) is 2.83. The van der Waals surface area contributed by atoms with Gasteiger partial charge in [-0.25, -0.2) is 9.78 Å². The first-order valence-electron chi connectivity index (χ1n) is 5.46. The van der Waals surface area contributed by atoms with Crippen molar-refractivity contribution >= 4 is 11.9 Å². The number of carboxylic acids is 1. The molecule has 1 amide bonds. The molecule has 0 aromatic carbocycles. The van der Waals surface area contributed by atoms with E-state index in [1.54, 1.807) is 6.92 Å². The molecule has 0 saturated heterocycles. The molecule has 0 radical (unpaired) electrons. The zero-order valence-corrected chi connectivity index (χ0v) is 10.4. The summed E-state index contributed by atoms with van der Waals surface area (Å²) < 4.78 is 0. The lowest BCUT2D eigenvalue weighted by atomic mass is 10.1. The first-order valence-corrected chi connectivity index (χ1v) is 5.46. The summed E-state index contributed by atoms with van der Waals surface area (Å²) in [6.07, 6.45) is -1.24. The van der Waals surface area contributed by atoms with E-state index in [2.05, 4.69) is 10.3 Å². The van der Waals surface area contributed by atoms with Crippen LogP contribution in [0.25, 0.3) is 0 Å². The molecule has 1 rings (SSSR count). The Morgan fingerprint density at radius 3 is 2.53 bits per heavy atom. The van der Waals surface area contributed by atoms with E-state index in [-0.39, 0.29) is 5.69 Å².